The number of halogens is 1. The van der Waals surface area contributed by atoms with Crippen LogP contribution in [0.5, 0.6) is 0 Å². The van der Waals surface area contributed by atoms with Crippen molar-refractivity contribution in [2.75, 3.05) is 12.0 Å². The zero-order valence-electron chi connectivity index (χ0n) is 9.79. The van der Waals surface area contributed by atoms with Gasteiger partial charge in [0, 0.05) is 12.3 Å². The van der Waals surface area contributed by atoms with E-state index in [-0.39, 0.29) is 24.0 Å². The molecule has 98 valence electrons. The van der Waals surface area contributed by atoms with Crippen molar-refractivity contribution in [2.45, 2.75) is 6.54 Å². The summed E-state index contributed by atoms with van der Waals surface area (Å²) in [6, 6.07) is 8.20. The number of nitrogens with zero attached hydrogens (tertiary/aromatic N) is 2. The molecule has 0 saturated heterocycles. The predicted molar refractivity (Wildman–Crippen MR) is 95.9 cm³/mol. The van der Waals surface area contributed by atoms with E-state index in [1.54, 1.807) is 11.3 Å². The summed E-state index contributed by atoms with van der Waals surface area (Å²) in [5.74, 6) is 0.764. The number of thiazole rings is 1. The Hall–Kier alpha value is 0.01000. The van der Waals surface area contributed by atoms with Crippen LogP contribution in [0, 0.1) is 5.41 Å². The van der Waals surface area contributed by atoms with Crippen LogP contribution in [0.4, 0.5) is 0 Å². The van der Waals surface area contributed by atoms with E-state index in [2.05, 4.69) is 34.3 Å². The van der Waals surface area contributed by atoms with Crippen molar-refractivity contribution < 1.29 is 0 Å². The molecule has 0 aliphatic carbocycles. The van der Waals surface area contributed by atoms with E-state index in [0.29, 0.717) is 5.17 Å². The molecule has 3 nitrogen and oxygen atoms in total. The third-order valence-electron chi connectivity index (χ3n) is 2.30. The van der Waals surface area contributed by atoms with Gasteiger partial charge in [0.05, 0.1) is 10.2 Å². The molecule has 1 N–H and O–H groups in total. The number of rotatable bonds is 2. The molecule has 1 heterocycles. The van der Waals surface area contributed by atoms with Gasteiger partial charge in [-0.15, -0.1) is 24.0 Å². The highest BCUT2D eigenvalue weighted by molar-refractivity contribution is 14.0. The van der Waals surface area contributed by atoms with Gasteiger partial charge in [0.1, 0.15) is 0 Å². The third-order valence-corrected chi connectivity index (χ3v) is 4.04. The fraction of sp³-hybridized carbons (Fsp3) is 0.273. The van der Waals surface area contributed by atoms with E-state index >= 15 is 0 Å². The van der Waals surface area contributed by atoms with Gasteiger partial charge in [0.15, 0.2) is 9.97 Å². The van der Waals surface area contributed by atoms with Crippen molar-refractivity contribution in [3.63, 3.8) is 0 Å². The molecular weight excluding hydrogens is 397 g/mol. The van der Waals surface area contributed by atoms with Crippen LogP contribution < -0.4 is 4.80 Å². The summed E-state index contributed by atoms with van der Waals surface area (Å²) in [7, 11) is 0. The average molecular weight is 411 g/mol. The molecule has 0 unspecified atom stereocenters. The van der Waals surface area contributed by atoms with Crippen LogP contribution in [0.1, 0.15) is 0 Å². The van der Waals surface area contributed by atoms with Crippen molar-refractivity contribution in [3.05, 3.63) is 29.1 Å². The topological polar surface area (TPSA) is 41.1 Å². The Morgan fingerprint density at radius 3 is 2.89 bits per heavy atom. The number of fused-ring (bicyclic) bond motifs is 1. The lowest BCUT2D eigenvalue weighted by Gasteiger charge is -2.01. The van der Waals surface area contributed by atoms with E-state index in [4.69, 9.17) is 5.41 Å². The van der Waals surface area contributed by atoms with Gasteiger partial charge in [-0.1, -0.05) is 35.2 Å². The van der Waals surface area contributed by atoms with Gasteiger partial charge >= 0.3 is 0 Å². The molecule has 1 aromatic heterocycles. The van der Waals surface area contributed by atoms with Crippen LogP contribution >= 0.6 is 59.7 Å². The van der Waals surface area contributed by atoms with Crippen LogP contribution in [0.15, 0.2) is 29.3 Å². The highest BCUT2D eigenvalue weighted by Crippen LogP contribution is 2.16. The summed E-state index contributed by atoms with van der Waals surface area (Å²) >= 11 is 7.24. The van der Waals surface area contributed by atoms with Crippen LogP contribution in [-0.4, -0.2) is 21.7 Å². The van der Waals surface area contributed by atoms with Crippen LogP contribution in [-0.2, 0) is 6.54 Å². The van der Waals surface area contributed by atoms with Crippen molar-refractivity contribution in [1.82, 2.24) is 4.57 Å². The van der Waals surface area contributed by atoms with E-state index in [1.165, 1.54) is 22.0 Å². The second kappa shape index (κ2) is 7.56. The Balaban J connectivity index is 0.00000162. The monoisotopic (exact) mass is 411 g/mol. The highest BCUT2D eigenvalue weighted by Gasteiger charge is 2.05. The summed E-state index contributed by atoms with van der Waals surface area (Å²) in [5.41, 5.74) is 1.17. The summed E-state index contributed by atoms with van der Waals surface area (Å²) in [5, 5.41) is 7.99. The Morgan fingerprint density at radius 2 is 2.22 bits per heavy atom. The molecule has 18 heavy (non-hydrogen) atoms. The predicted octanol–water partition coefficient (Wildman–Crippen LogP) is 3.45. The Labute approximate surface area is 137 Å². The number of hydrogen-bond donors (Lipinski definition) is 2. The highest BCUT2D eigenvalue weighted by atomic mass is 127. The second-order valence-corrected chi connectivity index (χ2v) is 5.60. The number of aromatic nitrogens is 1. The van der Waals surface area contributed by atoms with Crippen LogP contribution in [0.25, 0.3) is 10.2 Å². The standard InChI is InChI=1S/C11H13N3S3.HI/c1-16-10(12)13-11-14(6-7-15)8-4-2-3-5-9(8)17-11;/h2-5,12,15H,6-7H2,1H3;1H/b12-10?,13-11+;. The molecule has 0 bridgehead atoms. The normalized spacial score (nSPS) is 11.6. The van der Waals surface area contributed by atoms with Crippen molar-refractivity contribution in [3.8, 4) is 0 Å². The number of aryl methyl sites for hydroxylation is 1. The molecule has 0 aliphatic rings. The summed E-state index contributed by atoms with van der Waals surface area (Å²) in [6.45, 7) is 0.813. The summed E-state index contributed by atoms with van der Waals surface area (Å²) < 4.78 is 3.32. The van der Waals surface area contributed by atoms with Gasteiger partial charge in [0.25, 0.3) is 0 Å². The fourth-order valence-electron chi connectivity index (χ4n) is 1.55. The fourth-order valence-corrected chi connectivity index (χ4v) is 3.05. The minimum atomic E-state index is 0. The number of nitrogens with one attached hydrogen (secondary N) is 1. The second-order valence-electron chi connectivity index (χ2n) is 3.35. The lowest BCUT2D eigenvalue weighted by Crippen LogP contribution is -2.16. The van der Waals surface area contributed by atoms with Crippen LogP contribution in [0.2, 0.25) is 0 Å². The smallest absolute Gasteiger partial charge is 0.192 e. The molecule has 0 saturated carbocycles. The molecule has 0 radical (unpaired) electrons. The summed E-state index contributed by atoms with van der Waals surface area (Å²) in [4.78, 5) is 5.20. The van der Waals surface area contributed by atoms with Gasteiger partial charge in [0.2, 0.25) is 0 Å². The van der Waals surface area contributed by atoms with Gasteiger partial charge in [-0.3, -0.25) is 5.41 Å². The van der Waals surface area contributed by atoms with Gasteiger partial charge in [-0.25, -0.2) is 0 Å². The zero-order valence-corrected chi connectivity index (χ0v) is 14.6. The van der Waals surface area contributed by atoms with Crippen molar-refractivity contribution >= 4 is 75.1 Å². The largest absolute Gasteiger partial charge is 0.316 e. The number of thioether (sulfide) groups is 1. The van der Waals surface area contributed by atoms with E-state index in [9.17, 15) is 0 Å². The number of thiol groups is 1. The lowest BCUT2D eigenvalue weighted by atomic mass is 10.3. The molecule has 7 heteroatoms. The molecule has 0 atom stereocenters. The molecule has 1 aromatic carbocycles. The molecule has 0 fully saturated rings. The maximum atomic E-state index is 7.65. The summed E-state index contributed by atoms with van der Waals surface area (Å²) in [6.07, 6.45) is 1.86. The molecular formula is C11H14IN3S3. The Morgan fingerprint density at radius 1 is 1.50 bits per heavy atom. The number of hydrogen-bond acceptors (Lipinski definition) is 4. The van der Waals surface area contributed by atoms with Gasteiger partial charge in [-0.2, -0.15) is 17.6 Å². The van der Waals surface area contributed by atoms with Crippen molar-refractivity contribution in [2.24, 2.45) is 4.99 Å². The van der Waals surface area contributed by atoms with E-state index in [1.807, 2.05) is 18.4 Å². The minimum absolute atomic E-state index is 0. The Bertz CT molecular complexity index is 603. The van der Waals surface area contributed by atoms with Crippen LogP contribution in [0.3, 0.4) is 0 Å². The maximum absolute atomic E-state index is 7.65. The average Bonchev–Trinajstić information content (AvgIpc) is 2.68. The SMILES string of the molecule is CSC(=N)/N=c1/sc2ccccc2n1CCS.I. The van der Waals surface area contributed by atoms with Gasteiger partial charge in [-0.05, 0) is 18.4 Å². The number of amidine groups is 1. The maximum Gasteiger partial charge on any atom is 0.192 e. The number of para-hydroxylation sites is 1. The Kier molecular flexibility index (Phi) is 6.75. The molecule has 0 amide bonds. The molecule has 2 aromatic rings. The zero-order chi connectivity index (χ0) is 12.3. The first-order chi connectivity index (χ1) is 8.26. The van der Waals surface area contributed by atoms with Crippen molar-refractivity contribution in [1.29, 1.82) is 5.41 Å². The van der Waals surface area contributed by atoms with E-state index in [0.717, 1.165) is 17.1 Å². The molecule has 0 aliphatic heterocycles. The first-order valence-corrected chi connectivity index (χ1v) is 7.80. The number of benzene rings is 1. The van der Waals surface area contributed by atoms with E-state index < -0.39 is 0 Å². The molecule has 2 rings (SSSR count). The quantitative estimate of drug-likeness (QED) is 0.338. The lowest BCUT2D eigenvalue weighted by molar-refractivity contribution is 0.778. The third kappa shape index (κ3) is 3.52. The minimum Gasteiger partial charge on any atom is -0.316 e. The first-order valence-electron chi connectivity index (χ1n) is 5.12. The van der Waals surface area contributed by atoms with Gasteiger partial charge < -0.3 is 4.57 Å². The first kappa shape index (κ1) is 16.1. The molecule has 0 spiro atoms.